The Morgan fingerprint density at radius 3 is 2.41 bits per heavy atom. The summed E-state index contributed by atoms with van der Waals surface area (Å²) in [6.45, 7) is 1.46. The molecule has 0 spiro atoms. The average molecular weight is 257 g/mol. The number of methoxy groups -OCH3 is 2. The van der Waals surface area contributed by atoms with Crippen molar-refractivity contribution < 1.29 is 14.2 Å². The Kier molecular flexibility index (Phi) is 3.79. The highest BCUT2D eigenvalue weighted by Gasteiger charge is 2.40. The molecule has 4 heteroatoms. The average Bonchev–Trinajstić information content (AvgIpc) is 2.33. The lowest BCUT2D eigenvalue weighted by Gasteiger charge is -2.42. The van der Waals surface area contributed by atoms with Crippen molar-refractivity contribution in [2.75, 3.05) is 33.3 Å². The molecule has 3 nitrogen and oxygen atoms in total. The van der Waals surface area contributed by atoms with E-state index >= 15 is 0 Å². The molecule has 0 aromatic heterocycles. The number of alkyl halides is 1. The van der Waals surface area contributed by atoms with Gasteiger partial charge in [0.15, 0.2) is 11.5 Å². The Hall–Kier alpha value is -0.930. The van der Waals surface area contributed by atoms with Crippen LogP contribution in [0.25, 0.3) is 0 Å². The summed E-state index contributed by atoms with van der Waals surface area (Å²) in [5, 5.41) is 0. The van der Waals surface area contributed by atoms with E-state index in [-0.39, 0.29) is 5.41 Å². The largest absolute Gasteiger partial charge is 0.493 e. The fourth-order valence-corrected chi connectivity index (χ4v) is 2.51. The zero-order chi connectivity index (χ0) is 12.3. The smallest absolute Gasteiger partial charge is 0.161 e. The Morgan fingerprint density at radius 2 is 1.94 bits per heavy atom. The maximum Gasteiger partial charge on any atom is 0.161 e. The normalized spacial score (nSPS) is 17.4. The molecule has 1 aliphatic rings. The van der Waals surface area contributed by atoms with E-state index in [1.165, 1.54) is 5.56 Å². The van der Waals surface area contributed by atoms with Gasteiger partial charge in [-0.2, -0.15) is 0 Å². The fraction of sp³-hybridized carbons (Fsp3) is 0.538. The molecule has 94 valence electrons. The number of halogens is 1. The van der Waals surface area contributed by atoms with Gasteiger partial charge in [0.1, 0.15) is 0 Å². The van der Waals surface area contributed by atoms with Crippen molar-refractivity contribution in [3.05, 3.63) is 23.8 Å². The van der Waals surface area contributed by atoms with Gasteiger partial charge in [0.05, 0.1) is 27.4 Å². The predicted octanol–water partition coefficient (Wildman–Crippen LogP) is 2.60. The lowest BCUT2D eigenvalue weighted by atomic mass is 9.76. The number of rotatable bonds is 5. The van der Waals surface area contributed by atoms with Crippen LogP contribution in [0.4, 0.5) is 0 Å². The molecule has 0 radical (unpaired) electrons. The molecule has 0 saturated carbocycles. The van der Waals surface area contributed by atoms with E-state index in [0.29, 0.717) is 5.88 Å². The second kappa shape index (κ2) is 5.15. The monoisotopic (exact) mass is 256 g/mol. The lowest BCUT2D eigenvalue weighted by molar-refractivity contribution is -0.0616. The first-order valence-electron chi connectivity index (χ1n) is 5.62. The maximum absolute atomic E-state index is 5.87. The van der Waals surface area contributed by atoms with Gasteiger partial charge in [0.25, 0.3) is 0 Å². The van der Waals surface area contributed by atoms with Crippen LogP contribution < -0.4 is 9.47 Å². The molecule has 1 fully saturated rings. The van der Waals surface area contributed by atoms with Gasteiger partial charge in [-0.15, -0.1) is 11.6 Å². The summed E-state index contributed by atoms with van der Waals surface area (Å²) in [6.07, 6.45) is 0.921. The minimum absolute atomic E-state index is 0.0568. The Bertz CT molecular complexity index is 388. The third kappa shape index (κ3) is 2.22. The van der Waals surface area contributed by atoms with Crippen molar-refractivity contribution in [3.63, 3.8) is 0 Å². The van der Waals surface area contributed by atoms with Crippen LogP contribution in [0.1, 0.15) is 12.0 Å². The van der Waals surface area contributed by atoms with Crippen molar-refractivity contribution in [1.29, 1.82) is 0 Å². The van der Waals surface area contributed by atoms with Crippen molar-refractivity contribution in [2.45, 2.75) is 11.8 Å². The van der Waals surface area contributed by atoms with Crippen molar-refractivity contribution in [3.8, 4) is 11.5 Å². The zero-order valence-electron chi connectivity index (χ0n) is 10.2. The SMILES string of the molecule is COc1ccc(C2(CCCl)COC2)cc1OC. The first kappa shape index (κ1) is 12.5. The Labute approximate surface area is 107 Å². The second-order valence-corrected chi connectivity index (χ2v) is 4.66. The molecule has 1 aliphatic heterocycles. The minimum Gasteiger partial charge on any atom is -0.493 e. The van der Waals surface area contributed by atoms with Crippen LogP contribution in [0.2, 0.25) is 0 Å². The Morgan fingerprint density at radius 1 is 1.24 bits per heavy atom. The summed E-state index contributed by atoms with van der Waals surface area (Å²) in [5.41, 5.74) is 1.27. The van der Waals surface area contributed by atoms with Crippen LogP contribution >= 0.6 is 11.6 Å². The molecular weight excluding hydrogens is 240 g/mol. The molecule has 1 heterocycles. The van der Waals surface area contributed by atoms with Crippen molar-refractivity contribution in [1.82, 2.24) is 0 Å². The van der Waals surface area contributed by atoms with Gasteiger partial charge >= 0.3 is 0 Å². The second-order valence-electron chi connectivity index (χ2n) is 4.28. The fourth-order valence-electron chi connectivity index (χ4n) is 2.15. The lowest BCUT2D eigenvalue weighted by Crippen LogP contribution is -2.47. The molecule has 0 N–H and O–H groups in total. The number of ether oxygens (including phenoxy) is 3. The first-order chi connectivity index (χ1) is 8.25. The highest BCUT2D eigenvalue weighted by molar-refractivity contribution is 6.17. The molecule has 2 rings (SSSR count). The zero-order valence-corrected chi connectivity index (χ0v) is 10.9. The van der Waals surface area contributed by atoms with Gasteiger partial charge in [0, 0.05) is 11.3 Å². The molecule has 17 heavy (non-hydrogen) atoms. The quantitative estimate of drug-likeness (QED) is 0.758. The van der Waals surface area contributed by atoms with Crippen LogP contribution in [0.3, 0.4) is 0 Å². The molecule has 0 amide bonds. The molecule has 0 aliphatic carbocycles. The maximum atomic E-state index is 5.87. The van der Waals surface area contributed by atoms with E-state index in [9.17, 15) is 0 Å². The predicted molar refractivity (Wildman–Crippen MR) is 67.4 cm³/mol. The minimum atomic E-state index is 0.0568. The summed E-state index contributed by atoms with van der Waals surface area (Å²) in [5.74, 6) is 2.14. The Balaban J connectivity index is 2.32. The highest BCUT2D eigenvalue weighted by Crippen LogP contribution is 2.39. The molecule has 0 bridgehead atoms. The molecule has 0 atom stereocenters. The number of benzene rings is 1. The van der Waals surface area contributed by atoms with Gasteiger partial charge in [-0.3, -0.25) is 0 Å². The molecule has 1 aromatic carbocycles. The standard InChI is InChI=1S/C13H17ClO3/c1-15-11-4-3-10(7-12(11)16-2)13(5-6-14)8-17-9-13/h3-4,7H,5-6,8-9H2,1-2H3. The van der Waals surface area contributed by atoms with E-state index in [2.05, 4.69) is 6.07 Å². The van der Waals surface area contributed by atoms with Gasteiger partial charge in [0.2, 0.25) is 0 Å². The van der Waals surface area contributed by atoms with Crippen LogP contribution in [-0.2, 0) is 10.2 Å². The summed E-state index contributed by atoms with van der Waals surface area (Å²) >= 11 is 5.87. The van der Waals surface area contributed by atoms with Gasteiger partial charge in [-0.1, -0.05) is 6.07 Å². The first-order valence-corrected chi connectivity index (χ1v) is 6.15. The van der Waals surface area contributed by atoms with Crippen LogP contribution in [0, 0.1) is 0 Å². The molecule has 1 aromatic rings. The highest BCUT2D eigenvalue weighted by atomic mass is 35.5. The van der Waals surface area contributed by atoms with E-state index in [0.717, 1.165) is 31.1 Å². The summed E-state index contributed by atoms with van der Waals surface area (Å²) in [6, 6.07) is 6.02. The van der Waals surface area contributed by atoms with E-state index < -0.39 is 0 Å². The van der Waals surface area contributed by atoms with E-state index in [4.69, 9.17) is 25.8 Å². The van der Waals surface area contributed by atoms with Gasteiger partial charge in [-0.05, 0) is 24.1 Å². The summed E-state index contributed by atoms with van der Waals surface area (Å²) < 4.78 is 15.9. The summed E-state index contributed by atoms with van der Waals surface area (Å²) in [7, 11) is 3.28. The number of hydrogen-bond donors (Lipinski definition) is 0. The van der Waals surface area contributed by atoms with Crippen LogP contribution in [-0.4, -0.2) is 33.3 Å². The van der Waals surface area contributed by atoms with Crippen LogP contribution in [0.15, 0.2) is 18.2 Å². The molecular formula is C13H17ClO3. The van der Waals surface area contributed by atoms with Crippen molar-refractivity contribution in [2.24, 2.45) is 0 Å². The van der Waals surface area contributed by atoms with Crippen LogP contribution in [0.5, 0.6) is 11.5 Å². The third-order valence-electron chi connectivity index (χ3n) is 3.33. The van der Waals surface area contributed by atoms with E-state index in [1.807, 2.05) is 12.1 Å². The van der Waals surface area contributed by atoms with Crippen molar-refractivity contribution >= 4 is 11.6 Å². The molecule has 0 unspecified atom stereocenters. The topological polar surface area (TPSA) is 27.7 Å². The van der Waals surface area contributed by atoms with Gasteiger partial charge in [-0.25, -0.2) is 0 Å². The summed E-state index contributed by atoms with van der Waals surface area (Å²) in [4.78, 5) is 0. The number of hydrogen-bond acceptors (Lipinski definition) is 3. The molecule has 1 saturated heterocycles. The third-order valence-corrected chi connectivity index (χ3v) is 3.51. The van der Waals surface area contributed by atoms with E-state index in [1.54, 1.807) is 14.2 Å². The van der Waals surface area contributed by atoms with Gasteiger partial charge < -0.3 is 14.2 Å².